The van der Waals surface area contributed by atoms with Crippen LogP contribution >= 0.6 is 0 Å². The van der Waals surface area contributed by atoms with Crippen molar-refractivity contribution >= 4 is 5.91 Å². The van der Waals surface area contributed by atoms with Gasteiger partial charge in [-0.25, -0.2) is 0 Å². The zero-order valence-corrected chi connectivity index (χ0v) is 8.99. The summed E-state index contributed by atoms with van der Waals surface area (Å²) >= 11 is 0. The number of likely N-dealkylation sites (N-methyl/N-ethyl adjacent to an activating group) is 2. The predicted octanol–water partition coefficient (Wildman–Crippen LogP) is -0.489. The normalized spacial score (nSPS) is 29.7. The van der Waals surface area contributed by atoms with Crippen molar-refractivity contribution < 1.29 is 4.79 Å². The first-order valence-corrected chi connectivity index (χ1v) is 5.36. The van der Waals surface area contributed by atoms with Crippen molar-refractivity contribution in [1.82, 2.24) is 15.1 Å². The molecule has 1 atom stereocenters. The lowest BCUT2D eigenvalue weighted by Gasteiger charge is -2.39. The van der Waals surface area contributed by atoms with Gasteiger partial charge in [0.25, 0.3) is 0 Å². The second kappa shape index (κ2) is 3.87. The summed E-state index contributed by atoms with van der Waals surface area (Å²) in [5, 5.41) is 3.18. The number of nitrogens with one attached hydrogen (secondary N) is 1. The van der Waals surface area contributed by atoms with E-state index < -0.39 is 0 Å². The molecule has 4 nitrogen and oxygen atoms in total. The van der Waals surface area contributed by atoms with Gasteiger partial charge in [-0.15, -0.1) is 0 Å². The third-order valence-corrected chi connectivity index (χ3v) is 3.16. The predicted molar refractivity (Wildman–Crippen MR) is 55.1 cm³/mol. The quantitative estimate of drug-likeness (QED) is 0.663. The number of amides is 1. The first-order valence-electron chi connectivity index (χ1n) is 5.36. The van der Waals surface area contributed by atoms with Crippen molar-refractivity contribution in [1.29, 1.82) is 0 Å². The summed E-state index contributed by atoms with van der Waals surface area (Å²) in [6.07, 6.45) is 2.42. The van der Waals surface area contributed by atoms with E-state index in [2.05, 4.69) is 15.1 Å². The van der Waals surface area contributed by atoms with E-state index in [-0.39, 0.29) is 0 Å². The van der Waals surface area contributed by atoms with E-state index >= 15 is 0 Å². The van der Waals surface area contributed by atoms with Crippen molar-refractivity contribution in [3.05, 3.63) is 0 Å². The van der Waals surface area contributed by atoms with Crippen LogP contribution in [0.3, 0.4) is 0 Å². The van der Waals surface area contributed by atoms with Gasteiger partial charge in [-0.05, 0) is 26.9 Å². The van der Waals surface area contributed by atoms with Crippen LogP contribution in [0.4, 0.5) is 0 Å². The molecule has 1 saturated heterocycles. The first-order chi connectivity index (χ1) is 6.72. The SMILES string of the molecule is CNCC1CN(C2CC2)C(=O)CN1C. The van der Waals surface area contributed by atoms with E-state index in [0.717, 1.165) is 13.1 Å². The van der Waals surface area contributed by atoms with Crippen LogP contribution in [-0.4, -0.2) is 61.5 Å². The monoisotopic (exact) mass is 197 g/mol. The standard InChI is InChI=1S/C10H19N3O/c1-11-5-9-6-13(8-3-4-8)10(14)7-12(9)2/h8-9,11H,3-7H2,1-2H3. The first kappa shape index (κ1) is 9.93. The summed E-state index contributed by atoms with van der Waals surface area (Å²) in [6.45, 7) is 2.46. The van der Waals surface area contributed by atoms with Crippen LogP contribution in [-0.2, 0) is 4.79 Å². The van der Waals surface area contributed by atoms with Gasteiger partial charge in [0.2, 0.25) is 5.91 Å². The maximum atomic E-state index is 11.7. The van der Waals surface area contributed by atoms with Gasteiger partial charge in [0.15, 0.2) is 0 Å². The van der Waals surface area contributed by atoms with Crippen LogP contribution in [0.25, 0.3) is 0 Å². The minimum Gasteiger partial charge on any atom is -0.337 e. The highest BCUT2D eigenvalue weighted by molar-refractivity contribution is 5.79. The van der Waals surface area contributed by atoms with Crippen molar-refractivity contribution in [2.75, 3.05) is 33.7 Å². The Morgan fingerprint density at radius 2 is 2.21 bits per heavy atom. The Morgan fingerprint density at radius 1 is 1.50 bits per heavy atom. The highest BCUT2D eigenvalue weighted by Crippen LogP contribution is 2.28. The van der Waals surface area contributed by atoms with Gasteiger partial charge in [0.1, 0.15) is 0 Å². The van der Waals surface area contributed by atoms with Gasteiger partial charge < -0.3 is 10.2 Å². The second-order valence-corrected chi connectivity index (χ2v) is 4.40. The van der Waals surface area contributed by atoms with Gasteiger partial charge in [-0.3, -0.25) is 9.69 Å². The second-order valence-electron chi connectivity index (χ2n) is 4.40. The van der Waals surface area contributed by atoms with Gasteiger partial charge in [0, 0.05) is 25.2 Å². The number of nitrogens with zero attached hydrogens (tertiary/aromatic N) is 2. The van der Waals surface area contributed by atoms with Crippen LogP contribution < -0.4 is 5.32 Å². The summed E-state index contributed by atoms with van der Waals surface area (Å²) in [4.78, 5) is 15.9. The molecule has 4 heteroatoms. The fourth-order valence-electron chi connectivity index (χ4n) is 2.10. The van der Waals surface area contributed by atoms with Gasteiger partial charge in [0.05, 0.1) is 6.54 Å². The molecular weight excluding hydrogens is 178 g/mol. The lowest BCUT2D eigenvalue weighted by atomic mass is 10.1. The number of carbonyl (C=O) groups excluding carboxylic acids is 1. The maximum Gasteiger partial charge on any atom is 0.237 e. The van der Waals surface area contributed by atoms with E-state index in [4.69, 9.17) is 0 Å². The lowest BCUT2D eigenvalue weighted by Crippen LogP contribution is -2.57. The molecule has 14 heavy (non-hydrogen) atoms. The van der Waals surface area contributed by atoms with Crippen molar-refractivity contribution in [3.8, 4) is 0 Å². The maximum absolute atomic E-state index is 11.7. The zero-order chi connectivity index (χ0) is 10.1. The molecule has 0 aromatic rings. The van der Waals surface area contributed by atoms with Crippen molar-refractivity contribution in [2.24, 2.45) is 0 Å². The molecular formula is C10H19N3O. The molecule has 2 rings (SSSR count). The van der Waals surface area contributed by atoms with E-state index in [1.165, 1.54) is 12.8 Å². The Bertz CT molecular complexity index is 227. The topological polar surface area (TPSA) is 35.6 Å². The molecule has 1 aliphatic carbocycles. The number of rotatable bonds is 3. The lowest BCUT2D eigenvalue weighted by molar-refractivity contribution is -0.138. The molecule has 2 fully saturated rings. The third kappa shape index (κ3) is 1.91. The molecule has 1 N–H and O–H groups in total. The number of hydrogen-bond donors (Lipinski definition) is 1. The molecule has 1 aliphatic heterocycles. The highest BCUT2D eigenvalue weighted by Gasteiger charge is 2.38. The number of carbonyl (C=O) groups is 1. The Hall–Kier alpha value is -0.610. The van der Waals surface area contributed by atoms with Crippen LogP contribution in [0.5, 0.6) is 0 Å². The van der Waals surface area contributed by atoms with Gasteiger partial charge in [-0.1, -0.05) is 0 Å². The molecule has 0 spiro atoms. The summed E-state index contributed by atoms with van der Waals surface area (Å²) in [5.74, 6) is 0.308. The van der Waals surface area contributed by atoms with E-state index in [1.54, 1.807) is 0 Å². The zero-order valence-electron chi connectivity index (χ0n) is 8.99. The number of hydrogen-bond acceptors (Lipinski definition) is 3. The van der Waals surface area contributed by atoms with E-state index in [0.29, 0.717) is 24.5 Å². The average molecular weight is 197 g/mol. The molecule has 0 aromatic carbocycles. The minimum atomic E-state index is 0.308. The Morgan fingerprint density at radius 3 is 2.79 bits per heavy atom. The van der Waals surface area contributed by atoms with Crippen molar-refractivity contribution in [2.45, 2.75) is 24.9 Å². The van der Waals surface area contributed by atoms with Crippen LogP contribution in [0.15, 0.2) is 0 Å². The molecule has 1 unspecified atom stereocenters. The summed E-state index contributed by atoms with van der Waals surface area (Å²) < 4.78 is 0. The van der Waals surface area contributed by atoms with Crippen LogP contribution in [0, 0.1) is 0 Å². The fourth-order valence-corrected chi connectivity index (χ4v) is 2.10. The molecule has 0 bridgehead atoms. The average Bonchev–Trinajstić information content (AvgIpc) is 2.93. The Balaban J connectivity index is 1.96. The molecule has 80 valence electrons. The van der Waals surface area contributed by atoms with E-state index in [1.807, 2.05) is 14.1 Å². The van der Waals surface area contributed by atoms with Gasteiger partial charge >= 0.3 is 0 Å². The third-order valence-electron chi connectivity index (χ3n) is 3.16. The molecule has 0 radical (unpaired) electrons. The van der Waals surface area contributed by atoms with E-state index in [9.17, 15) is 4.79 Å². The Labute approximate surface area is 85.2 Å². The minimum absolute atomic E-state index is 0.308. The molecule has 0 aromatic heterocycles. The number of piperazine rings is 1. The molecule has 1 saturated carbocycles. The fraction of sp³-hybridized carbons (Fsp3) is 0.900. The van der Waals surface area contributed by atoms with Gasteiger partial charge in [-0.2, -0.15) is 0 Å². The highest BCUT2D eigenvalue weighted by atomic mass is 16.2. The van der Waals surface area contributed by atoms with Crippen LogP contribution in [0.2, 0.25) is 0 Å². The largest absolute Gasteiger partial charge is 0.337 e. The Kier molecular flexibility index (Phi) is 2.74. The summed E-state index contributed by atoms with van der Waals surface area (Å²) in [5.41, 5.74) is 0. The summed E-state index contributed by atoms with van der Waals surface area (Å²) in [6, 6.07) is 1.05. The van der Waals surface area contributed by atoms with Crippen molar-refractivity contribution in [3.63, 3.8) is 0 Å². The molecule has 1 heterocycles. The smallest absolute Gasteiger partial charge is 0.237 e. The molecule has 2 aliphatic rings. The molecule has 1 amide bonds. The van der Waals surface area contributed by atoms with Crippen LogP contribution in [0.1, 0.15) is 12.8 Å². The summed E-state index contributed by atoms with van der Waals surface area (Å²) in [7, 11) is 4.00.